The molecule has 0 saturated carbocycles. The zero-order valence-corrected chi connectivity index (χ0v) is 14.2. The number of nitrogens with one attached hydrogen (secondary N) is 1. The fraction of sp³-hybridized carbons (Fsp3) is 0.667. The molecule has 1 aliphatic heterocycles. The molecular weight excluding hydrogens is 292 g/mol. The molecular formula is C15H26N8. The summed E-state index contributed by atoms with van der Waals surface area (Å²) < 4.78 is 1.72. The van der Waals surface area contributed by atoms with Gasteiger partial charge >= 0.3 is 0 Å². The van der Waals surface area contributed by atoms with Gasteiger partial charge in [-0.2, -0.15) is 15.1 Å². The van der Waals surface area contributed by atoms with Gasteiger partial charge in [0.05, 0.1) is 11.6 Å². The van der Waals surface area contributed by atoms with Crippen LogP contribution >= 0.6 is 0 Å². The Labute approximate surface area is 136 Å². The standard InChI is InChI=1S/C15H26N8/c1-21(2)8-9-23-6-4-11(5-7-23)18-15-19-13(16)12-10-17-22(3)14(12)20-15/h10-11H,4-9H2,1-3H3,(H3,16,18,19,20). The van der Waals surface area contributed by atoms with E-state index in [0.717, 1.165) is 50.1 Å². The number of rotatable bonds is 5. The monoisotopic (exact) mass is 318 g/mol. The minimum absolute atomic E-state index is 0.399. The zero-order valence-electron chi connectivity index (χ0n) is 14.2. The Bertz CT molecular complexity index is 657. The predicted octanol–water partition coefficient (Wildman–Crippen LogP) is 0.383. The van der Waals surface area contributed by atoms with Crippen molar-refractivity contribution in [1.29, 1.82) is 0 Å². The van der Waals surface area contributed by atoms with Crippen molar-refractivity contribution >= 4 is 22.8 Å². The molecule has 3 N–H and O–H groups in total. The van der Waals surface area contributed by atoms with E-state index < -0.39 is 0 Å². The number of piperidine rings is 1. The topological polar surface area (TPSA) is 88.1 Å². The van der Waals surface area contributed by atoms with Crippen LogP contribution in [0.1, 0.15) is 12.8 Å². The molecule has 2 aromatic heterocycles. The molecule has 1 fully saturated rings. The van der Waals surface area contributed by atoms with E-state index in [0.29, 0.717) is 17.8 Å². The van der Waals surface area contributed by atoms with Crippen LogP contribution in [-0.2, 0) is 7.05 Å². The van der Waals surface area contributed by atoms with E-state index in [9.17, 15) is 0 Å². The summed E-state index contributed by atoms with van der Waals surface area (Å²) in [6, 6.07) is 0.399. The Balaban J connectivity index is 1.59. The van der Waals surface area contributed by atoms with Crippen LogP contribution in [-0.4, -0.2) is 75.9 Å². The molecule has 0 amide bonds. The molecule has 0 atom stereocenters. The van der Waals surface area contributed by atoms with Gasteiger partial charge in [-0.1, -0.05) is 0 Å². The molecule has 3 heterocycles. The quantitative estimate of drug-likeness (QED) is 0.824. The van der Waals surface area contributed by atoms with E-state index in [-0.39, 0.29) is 0 Å². The predicted molar refractivity (Wildman–Crippen MR) is 92.4 cm³/mol. The molecule has 0 spiro atoms. The average Bonchev–Trinajstić information content (AvgIpc) is 2.89. The van der Waals surface area contributed by atoms with Gasteiger partial charge < -0.3 is 20.9 Å². The van der Waals surface area contributed by atoms with E-state index in [1.807, 2.05) is 7.05 Å². The largest absolute Gasteiger partial charge is 0.383 e. The molecule has 0 aliphatic carbocycles. The highest BCUT2D eigenvalue weighted by Crippen LogP contribution is 2.20. The Morgan fingerprint density at radius 2 is 2.04 bits per heavy atom. The molecule has 3 rings (SSSR count). The summed E-state index contributed by atoms with van der Waals surface area (Å²) in [7, 11) is 6.09. The first kappa shape index (κ1) is 15.9. The van der Waals surface area contributed by atoms with Gasteiger partial charge in [0.1, 0.15) is 5.82 Å². The number of aromatic nitrogens is 4. The van der Waals surface area contributed by atoms with Gasteiger partial charge in [-0.05, 0) is 26.9 Å². The summed E-state index contributed by atoms with van der Waals surface area (Å²) in [5.74, 6) is 1.08. The van der Waals surface area contributed by atoms with Crippen LogP contribution in [0.5, 0.6) is 0 Å². The highest BCUT2D eigenvalue weighted by molar-refractivity contribution is 5.86. The normalized spacial score (nSPS) is 17.2. The lowest BCUT2D eigenvalue weighted by atomic mass is 10.1. The number of hydrogen-bond acceptors (Lipinski definition) is 7. The Morgan fingerprint density at radius 3 is 2.74 bits per heavy atom. The van der Waals surface area contributed by atoms with Crippen molar-refractivity contribution in [2.24, 2.45) is 7.05 Å². The molecule has 126 valence electrons. The number of likely N-dealkylation sites (tertiary alicyclic amines) is 1. The van der Waals surface area contributed by atoms with E-state index in [2.05, 4.69) is 44.3 Å². The minimum atomic E-state index is 0.399. The lowest BCUT2D eigenvalue weighted by Crippen LogP contribution is -2.42. The lowest BCUT2D eigenvalue weighted by Gasteiger charge is -2.32. The van der Waals surface area contributed by atoms with Crippen molar-refractivity contribution in [3.8, 4) is 0 Å². The number of fused-ring (bicyclic) bond motifs is 1. The minimum Gasteiger partial charge on any atom is -0.383 e. The van der Waals surface area contributed by atoms with Crippen LogP contribution in [0.2, 0.25) is 0 Å². The fourth-order valence-electron chi connectivity index (χ4n) is 2.93. The van der Waals surface area contributed by atoms with E-state index in [4.69, 9.17) is 5.73 Å². The third-order valence-corrected chi connectivity index (χ3v) is 4.41. The highest BCUT2D eigenvalue weighted by Gasteiger charge is 2.20. The van der Waals surface area contributed by atoms with E-state index >= 15 is 0 Å². The van der Waals surface area contributed by atoms with E-state index in [1.54, 1.807) is 10.9 Å². The van der Waals surface area contributed by atoms with Gasteiger partial charge in [-0.15, -0.1) is 0 Å². The van der Waals surface area contributed by atoms with Crippen LogP contribution in [0.15, 0.2) is 6.20 Å². The third kappa shape index (κ3) is 3.70. The zero-order chi connectivity index (χ0) is 16.4. The first-order valence-corrected chi connectivity index (χ1v) is 8.12. The number of anilines is 2. The molecule has 2 aromatic rings. The van der Waals surface area contributed by atoms with Crippen LogP contribution in [0.4, 0.5) is 11.8 Å². The summed E-state index contributed by atoms with van der Waals surface area (Å²) in [6.07, 6.45) is 3.90. The summed E-state index contributed by atoms with van der Waals surface area (Å²) in [5, 5.41) is 8.42. The van der Waals surface area contributed by atoms with Crippen molar-refractivity contribution in [1.82, 2.24) is 29.5 Å². The third-order valence-electron chi connectivity index (χ3n) is 4.41. The van der Waals surface area contributed by atoms with Crippen LogP contribution in [0, 0.1) is 0 Å². The first-order valence-electron chi connectivity index (χ1n) is 8.12. The summed E-state index contributed by atoms with van der Waals surface area (Å²) >= 11 is 0. The van der Waals surface area contributed by atoms with Crippen molar-refractivity contribution in [2.75, 3.05) is 51.3 Å². The number of nitrogen functional groups attached to an aromatic ring is 1. The maximum absolute atomic E-state index is 6.01. The Morgan fingerprint density at radius 1 is 1.30 bits per heavy atom. The van der Waals surface area contributed by atoms with Gasteiger partial charge in [0.2, 0.25) is 5.95 Å². The molecule has 8 nitrogen and oxygen atoms in total. The van der Waals surface area contributed by atoms with Crippen molar-refractivity contribution in [3.63, 3.8) is 0 Å². The lowest BCUT2D eigenvalue weighted by molar-refractivity contribution is 0.199. The van der Waals surface area contributed by atoms with Gasteiger partial charge in [0.25, 0.3) is 0 Å². The summed E-state index contributed by atoms with van der Waals surface area (Å²) in [6.45, 7) is 4.45. The molecule has 8 heteroatoms. The molecule has 23 heavy (non-hydrogen) atoms. The van der Waals surface area contributed by atoms with Gasteiger partial charge in [0, 0.05) is 39.3 Å². The van der Waals surface area contributed by atoms with Gasteiger partial charge in [-0.25, -0.2) is 0 Å². The highest BCUT2D eigenvalue weighted by atomic mass is 15.3. The number of hydrogen-bond donors (Lipinski definition) is 2. The summed E-state index contributed by atoms with van der Waals surface area (Å²) in [5.41, 5.74) is 6.78. The molecule has 1 saturated heterocycles. The van der Waals surface area contributed by atoms with Crippen LogP contribution in [0.25, 0.3) is 11.0 Å². The SMILES string of the molecule is CN(C)CCN1CCC(Nc2nc(N)c3cnn(C)c3n2)CC1. The molecule has 0 radical (unpaired) electrons. The first-order chi connectivity index (χ1) is 11.0. The van der Waals surface area contributed by atoms with Crippen molar-refractivity contribution < 1.29 is 0 Å². The summed E-state index contributed by atoms with van der Waals surface area (Å²) in [4.78, 5) is 13.7. The van der Waals surface area contributed by atoms with Crippen LogP contribution < -0.4 is 11.1 Å². The second-order valence-corrected chi connectivity index (χ2v) is 6.50. The maximum atomic E-state index is 6.01. The van der Waals surface area contributed by atoms with Crippen molar-refractivity contribution in [2.45, 2.75) is 18.9 Å². The molecule has 0 aromatic carbocycles. The number of aryl methyl sites for hydroxylation is 1. The number of likely N-dealkylation sites (N-methyl/N-ethyl adjacent to an activating group) is 1. The average molecular weight is 318 g/mol. The van der Waals surface area contributed by atoms with Gasteiger partial charge in [0.15, 0.2) is 5.65 Å². The molecule has 0 bridgehead atoms. The number of nitrogens with two attached hydrogens (primary N) is 1. The maximum Gasteiger partial charge on any atom is 0.226 e. The van der Waals surface area contributed by atoms with Crippen LogP contribution in [0.3, 0.4) is 0 Å². The second kappa shape index (κ2) is 6.67. The van der Waals surface area contributed by atoms with E-state index in [1.165, 1.54) is 0 Å². The Hall–Kier alpha value is -1.93. The molecule has 1 aliphatic rings. The fourth-order valence-corrected chi connectivity index (χ4v) is 2.93. The van der Waals surface area contributed by atoms with Crippen molar-refractivity contribution in [3.05, 3.63) is 6.20 Å². The molecule has 0 unspecified atom stereocenters. The smallest absolute Gasteiger partial charge is 0.226 e. The second-order valence-electron chi connectivity index (χ2n) is 6.50. The van der Waals surface area contributed by atoms with Gasteiger partial charge in [-0.3, -0.25) is 4.68 Å². The Kier molecular flexibility index (Phi) is 4.63. The number of nitrogens with zero attached hydrogens (tertiary/aromatic N) is 6.